The van der Waals surface area contributed by atoms with Crippen molar-refractivity contribution >= 4 is 60.5 Å². The van der Waals surface area contributed by atoms with Crippen molar-refractivity contribution in [1.82, 2.24) is 0 Å². The lowest BCUT2D eigenvalue weighted by atomic mass is 9.97. The minimum Gasteiger partial charge on any atom is -0.455 e. The van der Waals surface area contributed by atoms with Gasteiger partial charge in [-0.1, -0.05) is 164 Å². The van der Waals surface area contributed by atoms with Crippen LogP contribution in [0, 0.1) is 0 Å². The molecular formula is C50H33NO. The summed E-state index contributed by atoms with van der Waals surface area (Å²) in [5.41, 5.74) is 12.3. The van der Waals surface area contributed by atoms with Crippen LogP contribution in [-0.4, -0.2) is 0 Å². The topological polar surface area (TPSA) is 16.4 Å². The van der Waals surface area contributed by atoms with Gasteiger partial charge in [0, 0.05) is 32.9 Å². The number of hydrogen-bond acceptors (Lipinski definition) is 2. The highest BCUT2D eigenvalue weighted by atomic mass is 16.3. The van der Waals surface area contributed by atoms with E-state index in [1.807, 2.05) is 6.07 Å². The highest BCUT2D eigenvalue weighted by Crippen LogP contribution is 2.45. The van der Waals surface area contributed by atoms with E-state index in [0.717, 1.165) is 49.8 Å². The van der Waals surface area contributed by atoms with E-state index in [0.29, 0.717) is 0 Å². The van der Waals surface area contributed by atoms with E-state index in [9.17, 15) is 0 Å². The Morgan fingerprint density at radius 1 is 0.327 bits per heavy atom. The molecule has 10 aromatic rings. The summed E-state index contributed by atoms with van der Waals surface area (Å²) in [5, 5.41) is 6.92. The first kappa shape index (κ1) is 30.0. The number of fused-ring (bicyclic) bond motifs is 6. The quantitative estimate of drug-likeness (QED) is 0.176. The largest absolute Gasteiger partial charge is 0.455 e. The Kier molecular flexibility index (Phi) is 7.18. The van der Waals surface area contributed by atoms with E-state index in [1.54, 1.807) is 0 Å². The van der Waals surface area contributed by atoms with Crippen LogP contribution < -0.4 is 4.90 Å². The molecule has 0 spiro atoms. The molecule has 0 atom stereocenters. The van der Waals surface area contributed by atoms with E-state index < -0.39 is 0 Å². The molecule has 244 valence electrons. The molecule has 0 aliphatic heterocycles. The van der Waals surface area contributed by atoms with Gasteiger partial charge in [-0.05, 0) is 80.6 Å². The fraction of sp³-hybridized carbons (Fsp3) is 0. The van der Waals surface area contributed by atoms with E-state index in [1.165, 1.54) is 44.2 Å². The summed E-state index contributed by atoms with van der Waals surface area (Å²) in [6.45, 7) is 0. The summed E-state index contributed by atoms with van der Waals surface area (Å²) in [5.74, 6) is 0. The minimum atomic E-state index is 0.895. The highest BCUT2D eigenvalue weighted by molar-refractivity contribution is 6.19. The number of nitrogens with zero attached hydrogens (tertiary/aromatic N) is 1. The maximum atomic E-state index is 6.51. The summed E-state index contributed by atoms with van der Waals surface area (Å²) < 4.78 is 6.51. The Morgan fingerprint density at radius 2 is 0.885 bits per heavy atom. The zero-order valence-electron chi connectivity index (χ0n) is 28.4. The molecule has 1 aromatic heterocycles. The normalized spacial score (nSPS) is 11.5. The molecule has 2 nitrogen and oxygen atoms in total. The van der Waals surface area contributed by atoms with Crippen molar-refractivity contribution in [2.75, 3.05) is 4.90 Å². The fourth-order valence-corrected chi connectivity index (χ4v) is 7.72. The van der Waals surface area contributed by atoms with Crippen molar-refractivity contribution in [3.8, 4) is 33.4 Å². The van der Waals surface area contributed by atoms with Crippen molar-refractivity contribution in [3.05, 3.63) is 200 Å². The van der Waals surface area contributed by atoms with Crippen LogP contribution in [0.4, 0.5) is 17.1 Å². The summed E-state index contributed by atoms with van der Waals surface area (Å²) in [4.78, 5) is 2.40. The molecule has 0 N–H and O–H groups in total. The van der Waals surface area contributed by atoms with Gasteiger partial charge in [0.05, 0.1) is 5.69 Å². The summed E-state index contributed by atoms with van der Waals surface area (Å²) in [6, 6.07) is 71.7. The number of rotatable bonds is 6. The van der Waals surface area contributed by atoms with Gasteiger partial charge in [0.25, 0.3) is 0 Å². The number of benzene rings is 9. The highest BCUT2D eigenvalue weighted by Gasteiger charge is 2.21. The zero-order chi connectivity index (χ0) is 34.4. The van der Waals surface area contributed by atoms with Gasteiger partial charge in [0.2, 0.25) is 0 Å². The lowest BCUT2D eigenvalue weighted by Gasteiger charge is -2.28. The van der Waals surface area contributed by atoms with Crippen molar-refractivity contribution in [2.45, 2.75) is 0 Å². The number of furan rings is 1. The van der Waals surface area contributed by atoms with Gasteiger partial charge in [-0.2, -0.15) is 0 Å². The Hall–Kier alpha value is -6.90. The third-order valence-corrected chi connectivity index (χ3v) is 10.3. The average Bonchev–Trinajstić information content (AvgIpc) is 3.60. The summed E-state index contributed by atoms with van der Waals surface area (Å²) in [7, 11) is 0. The molecule has 0 bridgehead atoms. The molecular weight excluding hydrogens is 631 g/mol. The summed E-state index contributed by atoms with van der Waals surface area (Å²) in [6.07, 6.45) is 0. The van der Waals surface area contributed by atoms with Gasteiger partial charge in [0.15, 0.2) is 0 Å². The first-order valence-electron chi connectivity index (χ1n) is 17.8. The van der Waals surface area contributed by atoms with Crippen LogP contribution in [0.3, 0.4) is 0 Å². The minimum absolute atomic E-state index is 0.895. The second-order valence-electron chi connectivity index (χ2n) is 13.3. The summed E-state index contributed by atoms with van der Waals surface area (Å²) >= 11 is 0. The Balaban J connectivity index is 1.15. The SMILES string of the molecule is c1ccc(-c2ccc(-c3ccc(N(c4cccc(-c5cccc6ccccc56)c4)c4cc5c6ccccc6oc5c5ccccc45)cc3)cc2)cc1. The maximum absolute atomic E-state index is 6.51. The molecule has 9 aromatic carbocycles. The van der Waals surface area contributed by atoms with Crippen LogP contribution in [0.15, 0.2) is 205 Å². The smallest absolute Gasteiger partial charge is 0.143 e. The molecule has 0 fully saturated rings. The molecule has 0 unspecified atom stereocenters. The first-order chi connectivity index (χ1) is 25.8. The predicted molar refractivity (Wildman–Crippen MR) is 220 cm³/mol. The van der Waals surface area contributed by atoms with Gasteiger partial charge < -0.3 is 9.32 Å². The van der Waals surface area contributed by atoms with Gasteiger partial charge in [-0.3, -0.25) is 0 Å². The molecule has 0 aliphatic rings. The maximum Gasteiger partial charge on any atom is 0.143 e. The van der Waals surface area contributed by atoms with Crippen LogP contribution in [0.2, 0.25) is 0 Å². The van der Waals surface area contributed by atoms with Crippen molar-refractivity contribution in [1.29, 1.82) is 0 Å². The molecule has 0 saturated carbocycles. The molecule has 2 heteroatoms. The molecule has 0 aliphatic carbocycles. The van der Waals surface area contributed by atoms with Crippen LogP contribution in [-0.2, 0) is 0 Å². The van der Waals surface area contributed by atoms with Gasteiger partial charge >= 0.3 is 0 Å². The average molecular weight is 664 g/mol. The Labute approximate surface area is 302 Å². The predicted octanol–water partition coefficient (Wildman–Crippen LogP) is 14.4. The third kappa shape index (κ3) is 5.12. The first-order valence-corrected chi connectivity index (χ1v) is 17.8. The molecule has 10 rings (SSSR count). The third-order valence-electron chi connectivity index (χ3n) is 10.3. The van der Waals surface area contributed by atoms with Crippen LogP contribution >= 0.6 is 0 Å². The van der Waals surface area contributed by atoms with Crippen molar-refractivity contribution < 1.29 is 4.42 Å². The zero-order valence-corrected chi connectivity index (χ0v) is 28.4. The standard InChI is InChI=1S/C50H33NO/c1-2-12-34(13-3-1)35-24-26-36(27-25-35)37-28-30-40(31-29-37)51(41-17-10-16-39(32-41)43-22-11-15-38-14-4-5-18-42(38)43)48-33-47-45-20-8-9-23-49(45)52-50(47)46-21-7-6-19-44(46)48/h1-33H. The van der Waals surface area contributed by atoms with E-state index in [4.69, 9.17) is 4.42 Å². The second kappa shape index (κ2) is 12.5. The van der Waals surface area contributed by atoms with Crippen molar-refractivity contribution in [2.24, 2.45) is 0 Å². The molecule has 1 heterocycles. The van der Waals surface area contributed by atoms with Crippen molar-refractivity contribution in [3.63, 3.8) is 0 Å². The van der Waals surface area contributed by atoms with E-state index in [-0.39, 0.29) is 0 Å². The van der Waals surface area contributed by atoms with Crippen LogP contribution in [0.25, 0.3) is 76.9 Å². The lowest BCUT2D eigenvalue weighted by Crippen LogP contribution is -2.10. The van der Waals surface area contributed by atoms with Gasteiger partial charge in [-0.25, -0.2) is 0 Å². The molecule has 52 heavy (non-hydrogen) atoms. The molecule has 0 saturated heterocycles. The van der Waals surface area contributed by atoms with Crippen LogP contribution in [0.1, 0.15) is 0 Å². The fourth-order valence-electron chi connectivity index (χ4n) is 7.72. The Morgan fingerprint density at radius 3 is 1.65 bits per heavy atom. The Bertz CT molecular complexity index is 2880. The van der Waals surface area contributed by atoms with Crippen LogP contribution in [0.5, 0.6) is 0 Å². The number of para-hydroxylation sites is 1. The van der Waals surface area contributed by atoms with Gasteiger partial charge in [-0.15, -0.1) is 0 Å². The lowest BCUT2D eigenvalue weighted by molar-refractivity contribution is 0.672. The van der Waals surface area contributed by atoms with E-state index >= 15 is 0 Å². The molecule has 0 amide bonds. The monoisotopic (exact) mass is 663 g/mol. The second-order valence-corrected chi connectivity index (χ2v) is 13.3. The van der Waals surface area contributed by atoms with E-state index in [2.05, 4.69) is 199 Å². The van der Waals surface area contributed by atoms with Gasteiger partial charge in [0.1, 0.15) is 11.2 Å². The number of anilines is 3. The molecule has 0 radical (unpaired) electrons. The number of hydrogen-bond donors (Lipinski definition) is 0.